The summed E-state index contributed by atoms with van der Waals surface area (Å²) in [5.41, 5.74) is 3.60. The van der Waals surface area contributed by atoms with Crippen molar-refractivity contribution in [3.63, 3.8) is 0 Å². The van der Waals surface area contributed by atoms with Crippen LogP contribution in [-0.2, 0) is 9.59 Å². The van der Waals surface area contributed by atoms with Crippen molar-refractivity contribution < 1.29 is 18.7 Å². The average molecular weight is 405 g/mol. The molecule has 152 valence electrons. The van der Waals surface area contributed by atoms with Gasteiger partial charge < -0.3 is 10.1 Å². The van der Waals surface area contributed by atoms with E-state index < -0.39 is 5.91 Å². The van der Waals surface area contributed by atoms with Crippen molar-refractivity contribution in [2.24, 2.45) is 5.10 Å². The molecule has 7 heteroatoms. The molecule has 0 heterocycles. The van der Waals surface area contributed by atoms with E-state index in [4.69, 9.17) is 4.74 Å². The molecule has 0 aliphatic carbocycles. The molecule has 3 rings (SSSR count). The number of amides is 2. The molecule has 0 aliphatic heterocycles. The topological polar surface area (TPSA) is 79.8 Å². The van der Waals surface area contributed by atoms with Gasteiger partial charge in [-0.25, -0.2) is 9.82 Å². The SMILES string of the molecule is O=C(CCC(=O)Nc1ccc(F)cc1)N/N=C\c1cccc(Oc2ccccc2)c1. The Morgan fingerprint density at radius 1 is 0.867 bits per heavy atom. The first-order valence-electron chi connectivity index (χ1n) is 9.29. The fourth-order valence-electron chi connectivity index (χ4n) is 2.50. The van der Waals surface area contributed by atoms with Crippen molar-refractivity contribution in [1.82, 2.24) is 5.43 Å². The molecule has 2 amide bonds. The van der Waals surface area contributed by atoms with Crippen LogP contribution in [0.5, 0.6) is 11.5 Å². The van der Waals surface area contributed by atoms with Gasteiger partial charge in [-0.15, -0.1) is 0 Å². The number of para-hydroxylation sites is 1. The molecule has 0 aliphatic rings. The molecule has 6 nitrogen and oxygen atoms in total. The summed E-state index contributed by atoms with van der Waals surface area (Å²) in [4.78, 5) is 23.7. The number of hydrogen-bond acceptors (Lipinski definition) is 4. The Morgan fingerprint density at radius 2 is 1.57 bits per heavy atom. The van der Waals surface area contributed by atoms with Crippen LogP contribution in [0, 0.1) is 5.82 Å². The highest BCUT2D eigenvalue weighted by molar-refractivity contribution is 5.93. The van der Waals surface area contributed by atoms with Crippen LogP contribution < -0.4 is 15.5 Å². The van der Waals surface area contributed by atoms with Crippen LogP contribution in [0.2, 0.25) is 0 Å². The molecule has 0 bridgehead atoms. The summed E-state index contributed by atoms with van der Waals surface area (Å²) in [6, 6.07) is 22.0. The molecule has 30 heavy (non-hydrogen) atoms. The third-order valence-electron chi connectivity index (χ3n) is 3.95. The number of ether oxygens (including phenoxy) is 1. The molecule has 0 spiro atoms. The lowest BCUT2D eigenvalue weighted by atomic mass is 10.2. The molecule has 0 aromatic heterocycles. The van der Waals surface area contributed by atoms with E-state index in [0.29, 0.717) is 11.4 Å². The fourth-order valence-corrected chi connectivity index (χ4v) is 2.50. The number of anilines is 1. The number of halogens is 1. The Morgan fingerprint density at radius 3 is 2.33 bits per heavy atom. The minimum atomic E-state index is -0.391. The van der Waals surface area contributed by atoms with E-state index >= 15 is 0 Å². The summed E-state index contributed by atoms with van der Waals surface area (Å²) in [5.74, 6) is 0.249. The van der Waals surface area contributed by atoms with E-state index in [2.05, 4.69) is 15.8 Å². The van der Waals surface area contributed by atoms with Crippen LogP contribution >= 0.6 is 0 Å². The largest absolute Gasteiger partial charge is 0.457 e. The molecule has 2 N–H and O–H groups in total. The Balaban J connectivity index is 1.43. The van der Waals surface area contributed by atoms with Crippen molar-refractivity contribution in [1.29, 1.82) is 0 Å². The maximum absolute atomic E-state index is 12.9. The highest BCUT2D eigenvalue weighted by Gasteiger charge is 2.07. The summed E-state index contributed by atoms with van der Waals surface area (Å²) in [6.45, 7) is 0. The van der Waals surface area contributed by atoms with Gasteiger partial charge in [0.1, 0.15) is 17.3 Å². The lowest BCUT2D eigenvalue weighted by molar-refractivity contribution is -0.124. The Bertz CT molecular complexity index is 1020. The van der Waals surface area contributed by atoms with Gasteiger partial charge >= 0.3 is 0 Å². The van der Waals surface area contributed by atoms with Gasteiger partial charge in [-0.05, 0) is 54.1 Å². The number of nitrogens with one attached hydrogen (secondary N) is 2. The van der Waals surface area contributed by atoms with Crippen LogP contribution in [0.15, 0.2) is 84.0 Å². The lowest BCUT2D eigenvalue weighted by Crippen LogP contribution is -2.20. The Kier molecular flexibility index (Phi) is 7.27. The third kappa shape index (κ3) is 6.87. The van der Waals surface area contributed by atoms with Gasteiger partial charge in [0.25, 0.3) is 0 Å². The lowest BCUT2D eigenvalue weighted by Gasteiger charge is -2.06. The molecule has 0 saturated carbocycles. The Hall–Kier alpha value is -4.00. The standard InChI is InChI=1S/C23H20FN3O3/c24-18-9-11-19(12-10-18)26-22(28)13-14-23(29)27-25-16-17-5-4-8-21(15-17)30-20-6-2-1-3-7-20/h1-12,15-16H,13-14H2,(H,26,28)(H,27,29)/b25-16-. The average Bonchev–Trinajstić information content (AvgIpc) is 2.75. The first-order valence-corrected chi connectivity index (χ1v) is 9.29. The van der Waals surface area contributed by atoms with E-state index in [1.807, 2.05) is 48.5 Å². The van der Waals surface area contributed by atoms with Gasteiger partial charge in [0.05, 0.1) is 6.21 Å². The zero-order chi connectivity index (χ0) is 21.2. The molecule has 0 atom stereocenters. The summed E-state index contributed by atoms with van der Waals surface area (Å²) in [7, 11) is 0. The second-order valence-electron chi connectivity index (χ2n) is 6.34. The highest BCUT2D eigenvalue weighted by atomic mass is 19.1. The van der Waals surface area contributed by atoms with Crippen molar-refractivity contribution in [3.8, 4) is 11.5 Å². The maximum atomic E-state index is 12.9. The predicted molar refractivity (Wildman–Crippen MR) is 113 cm³/mol. The van der Waals surface area contributed by atoms with E-state index in [-0.39, 0.29) is 24.6 Å². The first kappa shape index (κ1) is 20.7. The van der Waals surface area contributed by atoms with Gasteiger partial charge in [0.15, 0.2) is 0 Å². The first-order chi connectivity index (χ1) is 14.6. The molecule has 3 aromatic carbocycles. The number of benzene rings is 3. The van der Waals surface area contributed by atoms with E-state index in [0.717, 1.165) is 11.3 Å². The highest BCUT2D eigenvalue weighted by Crippen LogP contribution is 2.21. The zero-order valence-electron chi connectivity index (χ0n) is 16.0. The third-order valence-corrected chi connectivity index (χ3v) is 3.95. The minimum absolute atomic E-state index is 0.0148. The van der Waals surface area contributed by atoms with Crippen LogP contribution in [-0.4, -0.2) is 18.0 Å². The second-order valence-corrected chi connectivity index (χ2v) is 6.34. The van der Waals surface area contributed by atoms with E-state index in [1.165, 1.54) is 30.5 Å². The summed E-state index contributed by atoms with van der Waals surface area (Å²) < 4.78 is 18.6. The van der Waals surface area contributed by atoms with Gasteiger partial charge in [-0.2, -0.15) is 5.10 Å². The molecule has 0 saturated heterocycles. The van der Waals surface area contributed by atoms with E-state index in [1.54, 1.807) is 6.07 Å². The van der Waals surface area contributed by atoms with Crippen molar-refractivity contribution in [2.45, 2.75) is 12.8 Å². The van der Waals surface area contributed by atoms with Crippen molar-refractivity contribution in [3.05, 3.63) is 90.2 Å². The molecule has 0 radical (unpaired) electrons. The monoisotopic (exact) mass is 405 g/mol. The smallest absolute Gasteiger partial charge is 0.240 e. The molecular weight excluding hydrogens is 385 g/mol. The quantitative estimate of drug-likeness (QED) is 0.428. The predicted octanol–water partition coefficient (Wildman–Crippen LogP) is 4.49. The van der Waals surface area contributed by atoms with Gasteiger partial charge in [0, 0.05) is 18.5 Å². The van der Waals surface area contributed by atoms with Crippen LogP contribution in [0.25, 0.3) is 0 Å². The number of carbonyl (C=O) groups excluding carboxylic acids is 2. The van der Waals surface area contributed by atoms with Crippen LogP contribution in [0.4, 0.5) is 10.1 Å². The number of rotatable bonds is 8. The normalized spacial score (nSPS) is 10.6. The van der Waals surface area contributed by atoms with Crippen LogP contribution in [0.1, 0.15) is 18.4 Å². The molecule has 0 fully saturated rings. The number of hydrogen-bond donors (Lipinski definition) is 2. The second kappa shape index (κ2) is 10.5. The summed E-state index contributed by atoms with van der Waals surface area (Å²) in [6.07, 6.45) is 1.45. The minimum Gasteiger partial charge on any atom is -0.457 e. The van der Waals surface area contributed by atoms with Crippen LogP contribution in [0.3, 0.4) is 0 Å². The number of hydrazone groups is 1. The van der Waals surface area contributed by atoms with Gasteiger partial charge in [-0.3, -0.25) is 9.59 Å². The van der Waals surface area contributed by atoms with Gasteiger partial charge in [-0.1, -0.05) is 30.3 Å². The fraction of sp³-hybridized carbons (Fsp3) is 0.0870. The Labute approximate surface area is 173 Å². The number of nitrogens with zero attached hydrogens (tertiary/aromatic N) is 1. The summed E-state index contributed by atoms with van der Waals surface area (Å²) in [5, 5.41) is 6.50. The molecule has 0 unspecified atom stereocenters. The molecular formula is C23H20FN3O3. The van der Waals surface area contributed by atoms with Crippen molar-refractivity contribution in [2.75, 3.05) is 5.32 Å². The zero-order valence-corrected chi connectivity index (χ0v) is 16.0. The molecule has 3 aromatic rings. The number of carbonyl (C=O) groups is 2. The summed E-state index contributed by atoms with van der Waals surface area (Å²) >= 11 is 0. The van der Waals surface area contributed by atoms with E-state index in [9.17, 15) is 14.0 Å². The van der Waals surface area contributed by atoms with Crippen molar-refractivity contribution >= 4 is 23.7 Å². The van der Waals surface area contributed by atoms with Gasteiger partial charge in [0.2, 0.25) is 11.8 Å². The maximum Gasteiger partial charge on any atom is 0.240 e.